The Kier molecular flexibility index (Phi) is 4.61. The van der Waals surface area contributed by atoms with Crippen molar-refractivity contribution >= 4 is 63.6 Å². The molecule has 116 valence electrons. The second-order valence-electron chi connectivity index (χ2n) is 4.88. The molecule has 4 nitrogen and oxygen atoms in total. The molecule has 0 saturated heterocycles. The minimum Gasteiger partial charge on any atom is -0.320 e. The van der Waals surface area contributed by atoms with Crippen LogP contribution in [0.15, 0.2) is 36.4 Å². The van der Waals surface area contributed by atoms with Crippen LogP contribution in [0.2, 0.25) is 10.0 Å². The maximum atomic E-state index is 12.2. The third-order valence-corrected chi connectivity index (χ3v) is 4.37. The first-order valence-electron chi connectivity index (χ1n) is 6.70. The van der Waals surface area contributed by atoms with Crippen molar-refractivity contribution in [3.63, 3.8) is 0 Å². The summed E-state index contributed by atoms with van der Waals surface area (Å²) in [4.78, 5) is 12.2. The van der Waals surface area contributed by atoms with Crippen molar-refractivity contribution in [2.45, 2.75) is 6.92 Å². The molecule has 0 aliphatic carbocycles. The van der Waals surface area contributed by atoms with E-state index in [9.17, 15) is 4.79 Å². The van der Waals surface area contributed by atoms with Crippen molar-refractivity contribution in [3.05, 3.63) is 57.6 Å². The molecule has 0 unspecified atom stereocenters. The summed E-state index contributed by atoms with van der Waals surface area (Å²) in [6.07, 6.45) is 3.07. The lowest BCUT2D eigenvalue weighted by Crippen LogP contribution is -2.09. The van der Waals surface area contributed by atoms with Crippen molar-refractivity contribution in [1.29, 1.82) is 0 Å². The summed E-state index contributed by atoms with van der Waals surface area (Å²) in [7, 11) is 0. The Morgan fingerprint density at radius 2 is 2.04 bits per heavy atom. The SMILES string of the molecule is Cc1ccc2nsnc2c1NC(=O)/C=C/c1ccc(Cl)cc1Cl. The molecule has 1 N–H and O–H groups in total. The first-order chi connectivity index (χ1) is 11.0. The van der Waals surface area contributed by atoms with Gasteiger partial charge >= 0.3 is 0 Å². The lowest BCUT2D eigenvalue weighted by molar-refractivity contribution is -0.111. The van der Waals surface area contributed by atoms with Gasteiger partial charge in [-0.1, -0.05) is 35.3 Å². The molecule has 0 aliphatic rings. The number of benzene rings is 2. The summed E-state index contributed by atoms with van der Waals surface area (Å²) in [5, 5.41) is 3.89. The first kappa shape index (κ1) is 15.9. The van der Waals surface area contributed by atoms with E-state index < -0.39 is 0 Å². The van der Waals surface area contributed by atoms with Crippen LogP contribution in [-0.4, -0.2) is 14.7 Å². The average molecular weight is 364 g/mol. The van der Waals surface area contributed by atoms with Gasteiger partial charge in [-0.25, -0.2) is 0 Å². The third-order valence-electron chi connectivity index (χ3n) is 3.26. The molecule has 2 aromatic carbocycles. The van der Waals surface area contributed by atoms with Crippen LogP contribution in [0.1, 0.15) is 11.1 Å². The summed E-state index contributed by atoms with van der Waals surface area (Å²) >= 11 is 13.0. The Morgan fingerprint density at radius 3 is 2.83 bits per heavy atom. The number of aromatic nitrogens is 2. The monoisotopic (exact) mass is 363 g/mol. The number of aryl methyl sites for hydroxylation is 1. The number of hydrogen-bond acceptors (Lipinski definition) is 4. The Hall–Kier alpha value is -1.95. The zero-order valence-corrected chi connectivity index (χ0v) is 14.3. The second-order valence-corrected chi connectivity index (χ2v) is 6.25. The quantitative estimate of drug-likeness (QED) is 0.669. The number of nitrogens with zero attached hydrogens (tertiary/aromatic N) is 2. The fourth-order valence-corrected chi connectivity index (χ4v) is 3.09. The fourth-order valence-electron chi connectivity index (χ4n) is 2.08. The molecule has 23 heavy (non-hydrogen) atoms. The Morgan fingerprint density at radius 1 is 1.22 bits per heavy atom. The van der Waals surface area contributed by atoms with Crippen LogP contribution in [0.5, 0.6) is 0 Å². The number of carbonyl (C=O) groups is 1. The van der Waals surface area contributed by atoms with Crippen LogP contribution in [0.25, 0.3) is 17.1 Å². The number of fused-ring (bicyclic) bond motifs is 1. The number of anilines is 1. The Bertz CT molecular complexity index is 921. The van der Waals surface area contributed by atoms with E-state index in [4.69, 9.17) is 23.2 Å². The van der Waals surface area contributed by atoms with E-state index in [-0.39, 0.29) is 5.91 Å². The molecule has 0 radical (unpaired) electrons. The van der Waals surface area contributed by atoms with E-state index >= 15 is 0 Å². The Balaban J connectivity index is 1.82. The van der Waals surface area contributed by atoms with Gasteiger partial charge in [-0.05, 0) is 42.3 Å². The standard InChI is InChI=1S/C16H11Cl2N3OS/c1-9-2-6-13-16(21-23-20-13)15(9)19-14(22)7-4-10-3-5-11(17)8-12(10)18/h2-8H,1H3,(H,19,22)/b7-4+. The van der Waals surface area contributed by atoms with Crippen molar-refractivity contribution < 1.29 is 4.79 Å². The number of halogens is 2. The minimum absolute atomic E-state index is 0.264. The van der Waals surface area contributed by atoms with Crippen LogP contribution >= 0.6 is 34.9 Å². The van der Waals surface area contributed by atoms with Gasteiger partial charge in [-0.3, -0.25) is 4.79 Å². The van der Waals surface area contributed by atoms with Crippen LogP contribution < -0.4 is 5.32 Å². The molecule has 1 aromatic heterocycles. The van der Waals surface area contributed by atoms with Gasteiger partial charge in [-0.15, -0.1) is 0 Å². The number of rotatable bonds is 3. The van der Waals surface area contributed by atoms with Gasteiger partial charge in [0.05, 0.1) is 17.4 Å². The summed E-state index contributed by atoms with van der Waals surface area (Å²) in [5.41, 5.74) is 3.78. The van der Waals surface area contributed by atoms with Gasteiger partial charge in [0.2, 0.25) is 5.91 Å². The van der Waals surface area contributed by atoms with Crippen LogP contribution in [0.4, 0.5) is 5.69 Å². The van der Waals surface area contributed by atoms with Crippen molar-refractivity contribution in [2.24, 2.45) is 0 Å². The van der Waals surface area contributed by atoms with Gasteiger partial charge in [0, 0.05) is 16.1 Å². The molecule has 7 heteroatoms. The highest BCUT2D eigenvalue weighted by molar-refractivity contribution is 7.00. The zero-order valence-electron chi connectivity index (χ0n) is 12.0. The summed E-state index contributed by atoms with van der Waals surface area (Å²) in [6.45, 7) is 1.91. The van der Waals surface area contributed by atoms with E-state index in [1.165, 1.54) is 6.08 Å². The topological polar surface area (TPSA) is 54.9 Å². The number of nitrogens with one attached hydrogen (secondary N) is 1. The minimum atomic E-state index is -0.264. The first-order valence-corrected chi connectivity index (χ1v) is 8.19. The van der Waals surface area contributed by atoms with E-state index in [1.807, 2.05) is 19.1 Å². The average Bonchev–Trinajstić information content (AvgIpc) is 2.98. The molecule has 0 bridgehead atoms. The predicted octanol–water partition coefficient (Wildman–Crippen LogP) is 4.96. The number of hydrogen-bond donors (Lipinski definition) is 1. The maximum Gasteiger partial charge on any atom is 0.248 e. The van der Waals surface area contributed by atoms with Crippen LogP contribution in [0, 0.1) is 6.92 Å². The fraction of sp³-hybridized carbons (Fsp3) is 0.0625. The van der Waals surface area contributed by atoms with Crippen molar-refractivity contribution in [2.75, 3.05) is 5.32 Å². The highest BCUT2D eigenvalue weighted by Gasteiger charge is 2.10. The summed E-state index contributed by atoms with van der Waals surface area (Å²) < 4.78 is 8.40. The zero-order chi connectivity index (χ0) is 16.4. The molecular weight excluding hydrogens is 353 g/mol. The third kappa shape index (κ3) is 3.52. The smallest absolute Gasteiger partial charge is 0.248 e. The lowest BCUT2D eigenvalue weighted by atomic mass is 10.1. The molecule has 0 spiro atoms. The largest absolute Gasteiger partial charge is 0.320 e. The molecule has 1 heterocycles. The van der Waals surface area contributed by atoms with Crippen LogP contribution in [-0.2, 0) is 4.79 Å². The molecule has 3 aromatic rings. The maximum absolute atomic E-state index is 12.2. The molecule has 0 atom stereocenters. The summed E-state index contributed by atoms with van der Waals surface area (Å²) in [5.74, 6) is -0.264. The van der Waals surface area contributed by atoms with Crippen molar-refractivity contribution in [3.8, 4) is 0 Å². The van der Waals surface area contributed by atoms with Gasteiger partial charge in [0.1, 0.15) is 11.0 Å². The molecule has 0 saturated carbocycles. The number of amides is 1. The van der Waals surface area contributed by atoms with Gasteiger partial charge in [0.15, 0.2) is 0 Å². The second kappa shape index (κ2) is 6.66. The van der Waals surface area contributed by atoms with E-state index in [1.54, 1.807) is 24.3 Å². The van der Waals surface area contributed by atoms with E-state index in [0.29, 0.717) is 21.2 Å². The van der Waals surface area contributed by atoms with Crippen LogP contribution in [0.3, 0.4) is 0 Å². The predicted molar refractivity (Wildman–Crippen MR) is 96.3 cm³/mol. The highest BCUT2D eigenvalue weighted by Crippen LogP contribution is 2.26. The van der Waals surface area contributed by atoms with E-state index in [0.717, 1.165) is 28.4 Å². The lowest BCUT2D eigenvalue weighted by Gasteiger charge is -2.06. The van der Waals surface area contributed by atoms with E-state index in [2.05, 4.69) is 14.1 Å². The molecule has 0 aliphatic heterocycles. The van der Waals surface area contributed by atoms with Gasteiger partial charge in [-0.2, -0.15) is 8.75 Å². The molecule has 3 rings (SSSR count). The normalized spacial score (nSPS) is 11.3. The molecule has 1 amide bonds. The summed E-state index contributed by atoms with van der Waals surface area (Å²) in [6, 6.07) is 8.89. The number of carbonyl (C=O) groups excluding carboxylic acids is 1. The van der Waals surface area contributed by atoms with Crippen molar-refractivity contribution in [1.82, 2.24) is 8.75 Å². The molecule has 0 fully saturated rings. The van der Waals surface area contributed by atoms with Gasteiger partial charge < -0.3 is 5.32 Å². The van der Waals surface area contributed by atoms with Gasteiger partial charge in [0.25, 0.3) is 0 Å². The highest BCUT2D eigenvalue weighted by atomic mass is 35.5. The molecular formula is C16H11Cl2N3OS. The Labute approximate surface area is 147 Å².